The fourth-order valence-electron chi connectivity index (χ4n) is 3.15. The first-order chi connectivity index (χ1) is 11.7. The van der Waals surface area contributed by atoms with Gasteiger partial charge >= 0.3 is 0 Å². The molecule has 130 valence electrons. The van der Waals surface area contributed by atoms with E-state index >= 15 is 0 Å². The Kier molecular flexibility index (Phi) is 5.85. The fourth-order valence-corrected chi connectivity index (χ4v) is 3.15. The van der Waals surface area contributed by atoms with Gasteiger partial charge in [0, 0.05) is 44.3 Å². The Morgan fingerprint density at radius 3 is 2.79 bits per heavy atom. The van der Waals surface area contributed by atoms with Gasteiger partial charge in [0.15, 0.2) is 0 Å². The number of ether oxygens (including phenoxy) is 1. The number of benzene rings is 1. The number of aromatic nitrogens is 2. The van der Waals surface area contributed by atoms with Crippen LogP contribution in [0.3, 0.4) is 0 Å². The Bertz CT molecular complexity index is 611. The fraction of sp³-hybridized carbons (Fsp3) is 0.500. The number of hydrogen-bond acceptors (Lipinski definition) is 5. The van der Waals surface area contributed by atoms with Gasteiger partial charge in [0.1, 0.15) is 0 Å². The third kappa shape index (κ3) is 4.56. The Balaban J connectivity index is 1.58. The van der Waals surface area contributed by atoms with Gasteiger partial charge in [0.05, 0.1) is 25.9 Å². The zero-order valence-corrected chi connectivity index (χ0v) is 14.2. The molecule has 24 heavy (non-hydrogen) atoms. The summed E-state index contributed by atoms with van der Waals surface area (Å²) in [6.45, 7) is 5.37. The van der Waals surface area contributed by atoms with Crippen molar-refractivity contribution in [2.45, 2.75) is 19.2 Å². The van der Waals surface area contributed by atoms with Gasteiger partial charge in [-0.3, -0.25) is 9.58 Å². The van der Waals surface area contributed by atoms with Crippen LogP contribution in [0.2, 0.25) is 0 Å². The molecule has 1 aliphatic heterocycles. The summed E-state index contributed by atoms with van der Waals surface area (Å²) in [5.74, 6) is 0. The van der Waals surface area contributed by atoms with Crippen molar-refractivity contribution in [3.63, 3.8) is 0 Å². The minimum absolute atomic E-state index is 0.439. The molecule has 1 aromatic heterocycles. The van der Waals surface area contributed by atoms with E-state index < -0.39 is 6.10 Å². The summed E-state index contributed by atoms with van der Waals surface area (Å²) in [5, 5.41) is 14.4. The minimum atomic E-state index is -0.439. The second-order valence-corrected chi connectivity index (χ2v) is 6.31. The molecule has 6 nitrogen and oxygen atoms in total. The molecule has 1 aliphatic rings. The number of aliphatic hydroxyl groups excluding tert-OH is 1. The van der Waals surface area contributed by atoms with E-state index in [1.54, 1.807) is 10.9 Å². The van der Waals surface area contributed by atoms with Crippen molar-refractivity contribution in [3.05, 3.63) is 48.3 Å². The van der Waals surface area contributed by atoms with Gasteiger partial charge in [-0.15, -0.1) is 0 Å². The molecule has 1 fully saturated rings. The molecular formula is C18H26N4O2. The highest BCUT2D eigenvalue weighted by Gasteiger charge is 2.16. The van der Waals surface area contributed by atoms with Crippen LogP contribution in [0, 0.1) is 0 Å². The van der Waals surface area contributed by atoms with Crippen LogP contribution in [0.15, 0.2) is 42.7 Å². The highest BCUT2D eigenvalue weighted by Crippen LogP contribution is 2.22. The highest BCUT2D eigenvalue weighted by atomic mass is 16.5. The molecule has 1 saturated heterocycles. The molecule has 6 heteroatoms. The first-order valence-electron chi connectivity index (χ1n) is 8.47. The number of nitrogens with zero attached hydrogens (tertiary/aromatic N) is 4. The molecule has 1 atom stereocenters. The average molecular weight is 330 g/mol. The van der Waals surface area contributed by atoms with Crippen molar-refractivity contribution in [1.82, 2.24) is 14.7 Å². The van der Waals surface area contributed by atoms with E-state index in [4.69, 9.17) is 4.74 Å². The second-order valence-electron chi connectivity index (χ2n) is 6.31. The Hall–Kier alpha value is -1.89. The van der Waals surface area contributed by atoms with Gasteiger partial charge in [-0.1, -0.05) is 18.2 Å². The molecule has 0 aliphatic carbocycles. The van der Waals surface area contributed by atoms with E-state index in [-0.39, 0.29) is 0 Å². The van der Waals surface area contributed by atoms with E-state index in [0.717, 1.165) is 32.8 Å². The minimum Gasteiger partial charge on any atom is -0.390 e. The smallest absolute Gasteiger partial charge is 0.0862 e. The maximum Gasteiger partial charge on any atom is 0.0862 e. The lowest BCUT2D eigenvalue weighted by Crippen LogP contribution is -2.37. The lowest BCUT2D eigenvalue weighted by molar-refractivity contribution is 0.103. The zero-order valence-electron chi connectivity index (χ0n) is 14.2. The molecule has 0 amide bonds. The molecule has 2 aromatic rings. The number of para-hydroxylation sites is 1. The summed E-state index contributed by atoms with van der Waals surface area (Å²) in [4.78, 5) is 4.54. The van der Waals surface area contributed by atoms with Gasteiger partial charge in [-0.2, -0.15) is 5.10 Å². The van der Waals surface area contributed by atoms with Gasteiger partial charge in [0.2, 0.25) is 0 Å². The van der Waals surface area contributed by atoms with E-state index in [9.17, 15) is 5.11 Å². The van der Waals surface area contributed by atoms with Crippen LogP contribution in [-0.2, 0) is 17.8 Å². The molecule has 0 saturated carbocycles. The number of rotatable bonds is 7. The van der Waals surface area contributed by atoms with Gasteiger partial charge in [-0.05, 0) is 24.7 Å². The molecule has 0 spiro atoms. The molecule has 3 rings (SSSR count). The molecule has 2 heterocycles. The third-order valence-corrected chi connectivity index (χ3v) is 4.26. The van der Waals surface area contributed by atoms with Crippen molar-refractivity contribution >= 4 is 5.69 Å². The predicted molar refractivity (Wildman–Crippen MR) is 94.0 cm³/mol. The molecular weight excluding hydrogens is 304 g/mol. The number of aliphatic hydroxyl groups is 1. The largest absolute Gasteiger partial charge is 0.390 e. The van der Waals surface area contributed by atoms with Crippen molar-refractivity contribution in [3.8, 4) is 0 Å². The third-order valence-electron chi connectivity index (χ3n) is 4.26. The van der Waals surface area contributed by atoms with E-state index in [0.29, 0.717) is 13.1 Å². The molecule has 0 bridgehead atoms. The van der Waals surface area contributed by atoms with Crippen LogP contribution in [0.4, 0.5) is 5.69 Å². The van der Waals surface area contributed by atoms with E-state index in [2.05, 4.69) is 39.2 Å². The van der Waals surface area contributed by atoms with Gasteiger partial charge < -0.3 is 14.7 Å². The van der Waals surface area contributed by atoms with Gasteiger partial charge in [-0.25, -0.2) is 0 Å². The summed E-state index contributed by atoms with van der Waals surface area (Å²) < 4.78 is 7.22. The van der Waals surface area contributed by atoms with Crippen LogP contribution in [-0.4, -0.2) is 65.8 Å². The summed E-state index contributed by atoms with van der Waals surface area (Å²) in [6, 6.07) is 10.4. The molecule has 1 aromatic carbocycles. The summed E-state index contributed by atoms with van der Waals surface area (Å²) in [7, 11) is 2.04. The SMILES string of the molecule is CN(Cc1ccccc1N1CCOCC1)CC(O)Cn1cccn1. The number of anilines is 1. The summed E-state index contributed by atoms with van der Waals surface area (Å²) in [6.07, 6.45) is 3.16. The topological polar surface area (TPSA) is 53.8 Å². The molecule has 1 N–H and O–H groups in total. The van der Waals surface area contributed by atoms with Crippen LogP contribution >= 0.6 is 0 Å². The highest BCUT2D eigenvalue weighted by molar-refractivity contribution is 5.53. The van der Waals surface area contributed by atoms with E-state index in [1.165, 1.54) is 11.3 Å². The van der Waals surface area contributed by atoms with Gasteiger partial charge in [0.25, 0.3) is 0 Å². The molecule has 1 unspecified atom stereocenters. The number of hydrogen-bond donors (Lipinski definition) is 1. The average Bonchev–Trinajstić information content (AvgIpc) is 3.09. The summed E-state index contributed by atoms with van der Waals surface area (Å²) >= 11 is 0. The van der Waals surface area contributed by atoms with Crippen LogP contribution in [0.5, 0.6) is 0 Å². The van der Waals surface area contributed by atoms with Crippen molar-refractivity contribution in [2.75, 3.05) is 44.8 Å². The quantitative estimate of drug-likeness (QED) is 0.827. The van der Waals surface area contributed by atoms with Crippen molar-refractivity contribution < 1.29 is 9.84 Å². The maximum absolute atomic E-state index is 10.3. The van der Waals surface area contributed by atoms with E-state index in [1.807, 2.05) is 19.3 Å². The second kappa shape index (κ2) is 8.28. The van der Waals surface area contributed by atoms with Crippen LogP contribution in [0.25, 0.3) is 0 Å². The van der Waals surface area contributed by atoms with Crippen LogP contribution < -0.4 is 4.90 Å². The Labute approximate surface area is 143 Å². The summed E-state index contributed by atoms with van der Waals surface area (Å²) in [5.41, 5.74) is 2.56. The number of morpholine rings is 1. The van der Waals surface area contributed by atoms with Crippen molar-refractivity contribution in [2.24, 2.45) is 0 Å². The lowest BCUT2D eigenvalue weighted by Gasteiger charge is -2.31. The molecule has 0 radical (unpaired) electrons. The van der Waals surface area contributed by atoms with Crippen LogP contribution in [0.1, 0.15) is 5.56 Å². The first kappa shape index (κ1) is 17.0. The Morgan fingerprint density at radius 2 is 2.04 bits per heavy atom. The monoisotopic (exact) mass is 330 g/mol. The lowest BCUT2D eigenvalue weighted by atomic mass is 10.1. The number of likely N-dealkylation sites (N-methyl/N-ethyl adjacent to an activating group) is 1. The normalized spacial score (nSPS) is 16.5. The Morgan fingerprint density at radius 1 is 1.25 bits per heavy atom. The standard InChI is InChI=1S/C18H26N4O2/c1-20(14-17(23)15-22-8-4-7-19-22)13-16-5-2-3-6-18(16)21-9-11-24-12-10-21/h2-8,17,23H,9-15H2,1H3. The zero-order chi connectivity index (χ0) is 16.8. The first-order valence-corrected chi connectivity index (χ1v) is 8.47. The maximum atomic E-state index is 10.3. The van der Waals surface area contributed by atoms with Crippen molar-refractivity contribution in [1.29, 1.82) is 0 Å². The predicted octanol–water partition coefficient (Wildman–Crippen LogP) is 1.21.